The number of piperazine rings is 1. The van der Waals surface area contributed by atoms with Crippen LogP contribution in [0.2, 0.25) is 0 Å². The standard InChI is InChI=1S/C15H27N3O3/c1-12-2-3-13(10-12)11-16-15(21)18-8-6-17(7-9-18)5-4-14(19)20/h12-13H,2-11H2,1H3,(H,16,21)(H,19,20). The lowest BCUT2D eigenvalue weighted by Crippen LogP contribution is -2.52. The van der Waals surface area contributed by atoms with Crippen LogP contribution < -0.4 is 5.32 Å². The van der Waals surface area contributed by atoms with Crippen molar-refractivity contribution in [3.05, 3.63) is 0 Å². The summed E-state index contributed by atoms with van der Waals surface area (Å²) < 4.78 is 0. The first-order valence-electron chi connectivity index (χ1n) is 8.01. The molecule has 1 saturated heterocycles. The summed E-state index contributed by atoms with van der Waals surface area (Å²) in [4.78, 5) is 26.6. The van der Waals surface area contributed by atoms with Crippen molar-refractivity contribution >= 4 is 12.0 Å². The van der Waals surface area contributed by atoms with E-state index in [9.17, 15) is 9.59 Å². The third-order valence-corrected chi connectivity index (χ3v) is 4.65. The van der Waals surface area contributed by atoms with Gasteiger partial charge in [0.1, 0.15) is 0 Å². The molecule has 6 nitrogen and oxygen atoms in total. The highest BCUT2D eigenvalue weighted by Crippen LogP contribution is 2.29. The Morgan fingerprint density at radius 1 is 1.19 bits per heavy atom. The molecule has 2 rings (SSSR count). The van der Waals surface area contributed by atoms with Gasteiger partial charge in [-0.25, -0.2) is 4.79 Å². The second-order valence-electron chi connectivity index (χ2n) is 6.44. The summed E-state index contributed by atoms with van der Waals surface area (Å²) >= 11 is 0. The largest absolute Gasteiger partial charge is 0.481 e. The molecule has 2 fully saturated rings. The molecule has 0 aromatic heterocycles. The summed E-state index contributed by atoms with van der Waals surface area (Å²) in [6, 6.07) is 0.0347. The Morgan fingerprint density at radius 3 is 2.48 bits per heavy atom. The third kappa shape index (κ3) is 5.19. The average molecular weight is 297 g/mol. The Balaban J connectivity index is 1.62. The Hall–Kier alpha value is -1.30. The molecule has 2 amide bonds. The van der Waals surface area contributed by atoms with Gasteiger partial charge in [-0.2, -0.15) is 0 Å². The zero-order valence-corrected chi connectivity index (χ0v) is 12.9. The number of rotatable bonds is 5. The van der Waals surface area contributed by atoms with Gasteiger partial charge in [0.15, 0.2) is 0 Å². The summed E-state index contributed by atoms with van der Waals surface area (Å²) in [7, 11) is 0. The molecule has 0 spiro atoms. The van der Waals surface area contributed by atoms with Crippen LogP contribution in [0, 0.1) is 11.8 Å². The van der Waals surface area contributed by atoms with Gasteiger partial charge in [0.25, 0.3) is 0 Å². The summed E-state index contributed by atoms with van der Waals surface area (Å²) in [6.07, 6.45) is 3.91. The van der Waals surface area contributed by atoms with Gasteiger partial charge in [-0.05, 0) is 24.7 Å². The van der Waals surface area contributed by atoms with Crippen LogP contribution in [0.1, 0.15) is 32.6 Å². The number of hydrogen-bond acceptors (Lipinski definition) is 3. The molecule has 6 heteroatoms. The van der Waals surface area contributed by atoms with Crippen molar-refractivity contribution in [3.63, 3.8) is 0 Å². The maximum absolute atomic E-state index is 12.1. The Morgan fingerprint density at radius 2 is 1.90 bits per heavy atom. The number of urea groups is 1. The van der Waals surface area contributed by atoms with Crippen LogP contribution in [0.25, 0.3) is 0 Å². The molecular weight excluding hydrogens is 270 g/mol. The van der Waals surface area contributed by atoms with Crippen molar-refractivity contribution in [2.24, 2.45) is 11.8 Å². The first-order valence-corrected chi connectivity index (χ1v) is 8.01. The molecule has 0 aromatic rings. The van der Waals surface area contributed by atoms with Gasteiger partial charge >= 0.3 is 12.0 Å². The number of carboxylic acids is 1. The molecule has 1 heterocycles. The normalized spacial score (nSPS) is 26.8. The lowest BCUT2D eigenvalue weighted by atomic mass is 10.1. The van der Waals surface area contributed by atoms with Crippen LogP contribution in [0.4, 0.5) is 4.79 Å². The van der Waals surface area contributed by atoms with E-state index in [0.717, 1.165) is 25.6 Å². The van der Waals surface area contributed by atoms with E-state index in [-0.39, 0.29) is 12.5 Å². The van der Waals surface area contributed by atoms with Crippen LogP contribution in [-0.4, -0.2) is 66.2 Å². The smallest absolute Gasteiger partial charge is 0.317 e. The van der Waals surface area contributed by atoms with Crippen molar-refractivity contribution in [1.82, 2.24) is 15.1 Å². The van der Waals surface area contributed by atoms with Gasteiger partial charge in [-0.3, -0.25) is 9.69 Å². The fourth-order valence-corrected chi connectivity index (χ4v) is 3.28. The fraction of sp³-hybridized carbons (Fsp3) is 0.867. The molecule has 1 aliphatic carbocycles. The molecule has 1 aliphatic heterocycles. The SMILES string of the molecule is CC1CCC(CNC(=O)N2CCN(CCC(=O)O)CC2)C1. The van der Waals surface area contributed by atoms with Crippen LogP contribution in [0.3, 0.4) is 0 Å². The summed E-state index contributed by atoms with van der Waals surface area (Å²) in [5.74, 6) is 0.673. The molecule has 2 N–H and O–H groups in total. The topological polar surface area (TPSA) is 72.9 Å². The second-order valence-corrected chi connectivity index (χ2v) is 6.44. The predicted octanol–water partition coefficient (Wildman–Crippen LogP) is 1.22. The average Bonchev–Trinajstić information content (AvgIpc) is 2.89. The second kappa shape index (κ2) is 7.64. The third-order valence-electron chi connectivity index (χ3n) is 4.65. The molecule has 0 aromatic carbocycles. The molecule has 0 radical (unpaired) electrons. The summed E-state index contributed by atoms with van der Waals surface area (Å²) in [5.41, 5.74) is 0. The maximum atomic E-state index is 12.1. The van der Waals surface area contributed by atoms with E-state index in [4.69, 9.17) is 5.11 Å². The highest BCUT2D eigenvalue weighted by molar-refractivity contribution is 5.74. The van der Waals surface area contributed by atoms with Gasteiger partial charge in [-0.1, -0.05) is 13.3 Å². The van der Waals surface area contributed by atoms with Gasteiger partial charge in [-0.15, -0.1) is 0 Å². The maximum Gasteiger partial charge on any atom is 0.317 e. The summed E-state index contributed by atoms with van der Waals surface area (Å²) in [5, 5.41) is 11.7. The Kier molecular flexibility index (Phi) is 5.85. The van der Waals surface area contributed by atoms with E-state index in [0.29, 0.717) is 25.6 Å². The Bertz CT molecular complexity index is 367. The first-order chi connectivity index (χ1) is 10.0. The van der Waals surface area contributed by atoms with Crippen LogP contribution in [0.15, 0.2) is 0 Å². The van der Waals surface area contributed by atoms with E-state index in [1.165, 1.54) is 19.3 Å². The molecule has 120 valence electrons. The van der Waals surface area contributed by atoms with E-state index in [2.05, 4.69) is 17.1 Å². The predicted molar refractivity (Wildman–Crippen MR) is 80.2 cm³/mol. The molecule has 1 saturated carbocycles. The number of carbonyl (C=O) groups is 2. The number of nitrogens with one attached hydrogen (secondary N) is 1. The molecule has 21 heavy (non-hydrogen) atoms. The van der Waals surface area contributed by atoms with Gasteiger partial charge < -0.3 is 15.3 Å². The molecule has 2 unspecified atom stereocenters. The van der Waals surface area contributed by atoms with Crippen molar-refractivity contribution in [3.8, 4) is 0 Å². The monoisotopic (exact) mass is 297 g/mol. The zero-order chi connectivity index (χ0) is 15.2. The first kappa shape index (κ1) is 16.1. The highest BCUT2D eigenvalue weighted by Gasteiger charge is 2.24. The lowest BCUT2D eigenvalue weighted by molar-refractivity contribution is -0.137. The van der Waals surface area contributed by atoms with Crippen molar-refractivity contribution in [1.29, 1.82) is 0 Å². The van der Waals surface area contributed by atoms with E-state index >= 15 is 0 Å². The summed E-state index contributed by atoms with van der Waals surface area (Å²) in [6.45, 7) is 6.55. The van der Waals surface area contributed by atoms with Crippen molar-refractivity contribution in [2.75, 3.05) is 39.3 Å². The minimum atomic E-state index is -0.763. The number of carboxylic acid groups (broad SMARTS) is 1. The molecule has 0 bridgehead atoms. The lowest BCUT2D eigenvalue weighted by Gasteiger charge is -2.34. The highest BCUT2D eigenvalue weighted by atomic mass is 16.4. The number of carbonyl (C=O) groups excluding carboxylic acids is 1. The molecule has 2 atom stereocenters. The Labute approximate surface area is 126 Å². The fourth-order valence-electron chi connectivity index (χ4n) is 3.28. The zero-order valence-electron chi connectivity index (χ0n) is 12.9. The van der Waals surface area contributed by atoms with Gasteiger partial charge in [0.2, 0.25) is 0 Å². The van der Waals surface area contributed by atoms with Crippen LogP contribution in [0.5, 0.6) is 0 Å². The quantitative estimate of drug-likeness (QED) is 0.800. The van der Waals surface area contributed by atoms with Gasteiger partial charge in [0.05, 0.1) is 6.42 Å². The number of nitrogens with zero attached hydrogens (tertiary/aromatic N) is 2. The van der Waals surface area contributed by atoms with Crippen LogP contribution >= 0.6 is 0 Å². The van der Waals surface area contributed by atoms with Crippen molar-refractivity contribution in [2.45, 2.75) is 32.6 Å². The minimum absolute atomic E-state index is 0.0347. The van der Waals surface area contributed by atoms with Crippen LogP contribution in [-0.2, 0) is 4.79 Å². The molecule has 2 aliphatic rings. The van der Waals surface area contributed by atoms with Crippen molar-refractivity contribution < 1.29 is 14.7 Å². The van der Waals surface area contributed by atoms with E-state index in [1.54, 1.807) is 0 Å². The van der Waals surface area contributed by atoms with Gasteiger partial charge in [0, 0.05) is 39.3 Å². The number of hydrogen-bond donors (Lipinski definition) is 2. The number of amides is 2. The number of aliphatic carboxylic acids is 1. The van der Waals surface area contributed by atoms with E-state index in [1.807, 2.05) is 4.90 Å². The molecular formula is C15H27N3O3. The van der Waals surface area contributed by atoms with E-state index < -0.39 is 5.97 Å². The minimum Gasteiger partial charge on any atom is -0.481 e.